The second-order valence-corrected chi connectivity index (χ2v) is 7.64. The van der Waals surface area contributed by atoms with Gasteiger partial charge in [0.05, 0.1) is 16.8 Å². The number of anilines is 1. The minimum absolute atomic E-state index is 0.129. The lowest BCUT2D eigenvalue weighted by Crippen LogP contribution is -2.22. The van der Waals surface area contributed by atoms with Crippen LogP contribution in [0.2, 0.25) is 0 Å². The molecule has 5 nitrogen and oxygen atoms in total. The molecule has 4 aromatic carbocycles. The fraction of sp³-hybridized carbons (Fsp3) is 0.0357. The first-order valence-electron chi connectivity index (χ1n) is 10.6. The molecule has 1 amide bonds. The number of fused-ring (bicyclic) bond motifs is 1. The number of rotatable bonds is 5. The van der Waals surface area contributed by atoms with E-state index in [4.69, 9.17) is 4.42 Å². The number of hydrogen-bond acceptors (Lipinski definition) is 4. The van der Waals surface area contributed by atoms with Gasteiger partial charge in [0.2, 0.25) is 11.8 Å². The summed E-state index contributed by atoms with van der Waals surface area (Å²) in [5, 5.41) is 3.45. The molecule has 1 N–H and O–H groups in total. The number of carbonyl (C=O) groups is 1. The maximum atomic E-state index is 13.3. The molecular weight excluding hydrogens is 412 g/mol. The summed E-state index contributed by atoms with van der Waals surface area (Å²) in [6.07, 6.45) is 0. The number of carbonyl (C=O) groups excluding carboxylic acids is 1. The third-order valence-electron chi connectivity index (χ3n) is 5.46. The van der Waals surface area contributed by atoms with E-state index in [0.29, 0.717) is 22.2 Å². The summed E-state index contributed by atoms with van der Waals surface area (Å²) in [6, 6.07) is 33.5. The number of nitrogens with zero attached hydrogens (tertiary/aromatic N) is 1. The zero-order valence-electron chi connectivity index (χ0n) is 17.6. The summed E-state index contributed by atoms with van der Waals surface area (Å²) in [5.41, 5.74) is 3.28. The van der Waals surface area contributed by atoms with Gasteiger partial charge >= 0.3 is 5.63 Å². The Morgan fingerprint density at radius 3 is 1.94 bits per heavy atom. The van der Waals surface area contributed by atoms with E-state index in [1.807, 2.05) is 66.7 Å². The van der Waals surface area contributed by atoms with Crippen molar-refractivity contribution < 1.29 is 9.21 Å². The summed E-state index contributed by atoms with van der Waals surface area (Å²) in [7, 11) is 0. The van der Waals surface area contributed by atoms with Crippen molar-refractivity contribution in [3.05, 3.63) is 131 Å². The van der Waals surface area contributed by atoms with Crippen LogP contribution in [0.25, 0.3) is 22.4 Å². The molecule has 0 saturated carbocycles. The Kier molecular flexibility index (Phi) is 5.52. The molecular formula is C28H20N2O3. The van der Waals surface area contributed by atoms with E-state index >= 15 is 0 Å². The SMILES string of the molecule is O=C(Nc1ccc(-c2nc3ccccc3c(=O)o2)cc1)C(c1ccccc1)c1ccccc1. The van der Waals surface area contributed by atoms with Gasteiger partial charge in [0.25, 0.3) is 0 Å². The van der Waals surface area contributed by atoms with Crippen molar-refractivity contribution in [1.29, 1.82) is 0 Å². The zero-order chi connectivity index (χ0) is 22.6. The van der Waals surface area contributed by atoms with Gasteiger partial charge in [-0.05, 0) is 47.5 Å². The quantitative estimate of drug-likeness (QED) is 0.391. The third-order valence-corrected chi connectivity index (χ3v) is 5.46. The number of para-hydroxylation sites is 1. The average Bonchev–Trinajstić information content (AvgIpc) is 2.86. The van der Waals surface area contributed by atoms with E-state index in [1.165, 1.54) is 0 Å². The Morgan fingerprint density at radius 2 is 1.30 bits per heavy atom. The van der Waals surface area contributed by atoms with Crippen LogP contribution in [0.4, 0.5) is 5.69 Å². The molecule has 0 saturated heterocycles. The average molecular weight is 432 g/mol. The van der Waals surface area contributed by atoms with Gasteiger partial charge in [-0.25, -0.2) is 9.78 Å². The minimum atomic E-state index is -0.438. The van der Waals surface area contributed by atoms with Gasteiger partial charge < -0.3 is 9.73 Å². The van der Waals surface area contributed by atoms with Crippen LogP contribution < -0.4 is 10.9 Å². The Labute approximate surface area is 190 Å². The highest BCUT2D eigenvalue weighted by Crippen LogP contribution is 2.27. The lowest BCUT2D eigenvalue weighted by molar-refractivity contribution is -0.116. The summed E-state index contributed by atoms with van der Waals surface area (Å²) >= 11 is 0. The predicted molar refractivity (Wildman–Crippen MR) is 129 cm³/mol. The Hall–Kier alpha value is -4.51. The van der Waals surface area contributed by atoms with Crippen LogP contribution in [-0.2, 0) is 4.79 Å². The zero-order valence-corrected chi connectivity index (χ0v) is 17.6. The Morgan fingerprint density at radius 1 is 0.727 bits per heavy atom. The maximum Gasteiger partial charge on any atom is 0.347 e. The molecule has 5 aromatic rings. The van der Waals surface area contributed by atoms with E-state index in [-0.39, 0.29) is 11.8 Å². The first-order valence-corrected chi connectivity index (χ1v) is 10.6. The molecule has 0 fully saturated rings. The van der Waals surface area contributed by atoms with Gasteiger partial charge in [0, 0.05) is 11.3 Å². The van der Waals surface area contributed by atoms with Gasteiger partial charge in [0.1, 0.15) is 0 Å². The van der Waals surface area contributed by atoms with Gasteiger partial charge in [-0.3, -0.25) is 4.79 Å². The van der Waals surface area contributed by atoms with Crippen LogP contribution in [-0.4, -0.2) is 10.9 Å². The molecule has 5 heteroatoms. The molecule has 1 aromatic heterocycles. The van der Waals surface area contributed by atoms with E-state index in [0.717, 1.165) is 11.1 Å². The summed E-state index contributed by atoms with van der Waals surface area (Å²) in [6.45, 7) is 0. The number of benzene rings is 4. The third kappa shape index (κ3) is 4.29. The second kappa shape index (κ2) is 8.93. The fourth-order valence-corrected chi connectivity index (χ4v) is 3.84. The van der Waals surface area contributed by atoms with Crippen LogP contribution in [0.3, 0.4) is 0 Å². The highest BCUT2D eigenvalue weighted by Gasteiger charge is 2.22. The summed E-state index contributed by atoms with van der Waals surface area (Å²) in [4.78, 5) is 30.0. The number of nitrogens with one attached hydrogen (secondary N) is 1. The van der Waals surface area contributed by atoms with E-state index in [1.54, 1.807) is 42.5 Å². The molecule has 0 bridgehead atoms. The van der Waals surface area contributed by atoms with E-state index in [9.17, 15) is 9.59 Å². The standard InChI is InChI=1S/C28H20N2O3/c31-26(25(19-9-3-1-4-10-19)20-11-5-2-6-12-20)29-22-17-15-21(16-18-22)27-30-24-14-8-7-13-23(24)28(32)33-27/h1-18,25H,(H,29,31). The first kappa shape index (κ1) is 20.4. The van der Waals surface area contributed by atoms with Crippen molar-refractivity contribution in [3.8, 4) is 11.5 Å². The Bertz CT molecular complexity index is 1420. The van der Waals surface area contributed by atoms with E-state index in [2.05, 4.69) is 10.3 Å². The van der Waals surface area contributed by atoms with Crippen molar-refractivity contribution in [3.63, 3.8) is 0 Å². The molecule has 0 spiro atoms. The Balaban J connectivity index is 1.41. The monoisotopic (exact) mass is 432 g/mol. The molecule has 5 rings (SSSR count). The molecule has 160 valence electrons. The largest absolute Gasteiger partial charge is 0.403 e. The summed E-state index contributed by atoms with van der Waals surface area (Å²) in [5.74, 6) is -0.328. The topological polar surface area (TPSA) is 72.2 Å². The number of aromatic nitrogens is 1. The lowest BCUT2D eigenvalue weighted by Gasteiger charge is -2.18. The molecule has 0 atom stereocenters. The lowest BCUT2D eigenvalue weighted by atomic mass is 9.90. The molecule has 0 aliphatic carbocycles. The smallest absolute Gasteiger partial charge is 0.347 e. The fourth-order valence-electron chi connectivity index (χ4n) is 3.84. The van der Waals surface area contributed by atoms with Crippen molar-refractivity contribution in [2.24, 2.45) is 0 Å². The van der Waals surface area contributed by atoms with Gasteiger partial charge in [-0.15, -0.1) is 0 Å². The molecule has 33 heavy (non-hydrogen) atoms. The first-order chi connectivity index (χ1) is 16.2. The number of hydrogen-bond donors (Lipinski definition) is 1. The van der Waals surface area contributed by atoms with Crippen molar-refractivity contribution >= 4 is 22.5 Å². The molecule has 1 heterocycles. The predicted octanol–water partition coefficient (Wildman–Crippen LogP) is 5.63. The van der Waals surface area contributed by atoms with E-state index < -0.39 is 11.5 Å². The van der Waals surface area contributed by atoms with Crippen molar-refractivity contribution in [2.75, 3.05) is 5.32 Å². The van der Waals surface area contributed by atoms with Crippen LogP contribution in [0.1, 0.15) is 17.0 Å². The molecule has 0 unspecified atom stereocenters. The highest BCUT2D eigenvalue weighted by atomic mass is 16.4. The van der Waals surface area contributed by atoms with Crippen molar-refractivity contribution in [2.45, 2.75) is 5.92 Å². The summed E-state index contributed by atoms with van der Waals surface area (Å²) < 4.78 is 5.40. The molecule has 0 aliphatic rings. The maximum absolute atomic E-state index is 13.3. The van der Waals surface area contributed by atoms with Gasteiger partial charge in [-0.2, -0.15) is 0 Å². The molecule has 0 aliphatic heterocycles. The normalized spacial score (nSPS) is 10.9. The van der Waals surface area contributed by atoms with Crippen LogP contribution in [0.5, 0.6) is 0 Å². The van der Waals surface area contributed by atoms with Crippen LogP contribution >= 0.6 is 0 Å². The van der Waals surface area contributed by atoms with Crippen LogP contribution in [0, 0.1) is 0 Å². The van der Waals surface area contributed by atoms with Crippen LogP contribution in [0.15, 0.2) is 118 Å². The highest BCUT2D eigenvalue weighted by molar-refractivity contribution is 5.98. The van der Waals surface area contributed by atoms with Gasteiger partial charge in [0.15, 0.2) is 0 Å². The minimum Gasteiger partial charge on any atom is -0.403 e. The molecule has 0 radical (unpaired) electrons. The number of amides is 1. The van der Waals surface area contributed by atoms with Crippen molar-refractivity contribution in [1.82, 2.24) is 4.98 Å². The second-order valence-electron chi connectivity index (χ2n) is 7.64. The van der Waals surface area contributed by atoms with Gasteiger partial charge in [-0.1, -0.05) is 72.8 Å².